The molecule has 9 nitrogen and oxygen atoms in total. The number of carbonyl (C=O) groups is 3. The summed E-state index contributed by atoms with van der Waals surface area (Å²) in [6, 6.07) is 0. The maximum atomic E-state index is 11.0. The van der Waals surface area contributed by atoms with E-state index in [0.717, 1.165) is 19.3 Å². The van der Waals surface area contributed by atoms with E-state index in [1.165, 1.54) is 32.1 Å². The molecule has 0 radical (unpaired) electrons. The highest BCUT2D eigenvalue weighted by Crippen LogP contribution is 2.27. The van der Waals surface area contributed by atoms with Crippen molar-refractivity contribution in [2.24, 2.45) is 5.41 Å². The molecule has 0 unspecified atom stereocenters. The first-order valence-corrected chi connectivity index (χ1v) is 8.09. The van der Waals surface area contributed by atoms with Gasteiger partial charge in [-0.25, -0.2) is 0 Å². The third-order valence-corrected chi connectivity index (χ3v) is 4.00. The smallest absolute Gasteiger partial charge is 0.332 e. The van der Waals surface area contributed by atoms with Gasteiger partial charge in [-0.1, -0.05) is 71.1 Å². The minimum atomic E-state index is -2.71. The Balaban J connectivity index is -0.000000735. The summed E-state index contributed by atoms with van der Waals surface area (Å²) < 4.78 is 0. The Morgan fingerprint density at radius 2 is 0.880 bits per heavy atom. The van der Waals surface area contributed by atoms with Crippen molar-refractivity contribution in [2.45, 2.75) is 77.6 Å². The zero-order valence-electron chi connectivity index (χ0n) is 15.5. The third kappa shape index (κ3) is 10.7. The van der Waals surface area contributed by atoms with Crippen LogP contribution in [0.25, 0.3) is 0 Å². The lowest BCUT2D eigenvalue weighted by Crippen LogP contribution is -2.46. The third-order valence-electron chi connectivity index (χ3n) is 4.00. The summed E-state index contributed by atoms with van der Waals surface area (Å²) in [5.41, 5.74) is -2.71. The van der Waals surface area contributed by atoms with Crippen molar-refractivity contribution in [2.75, 3.05) is 0 Å². The average Bonchev–Trinajstić information content (AvgIpc) is 2.43. The SMILES string of the molecule is CCCCCCCCCCCCC(C(=O)O)(C(=O)O)C(=O)O.N.N.N. The molecule has 0 aromatic rings. The topological polar surface area (TPSA) is 217 Å². The van der Waals surface area contributed by atoms with Gasteiger partial charge in [0.25, 0.3) is 5.41 Å². The molecule has 0 aliphatic carbocycles. The van der Waals surface area contributed by atoms with E-state index in [4.69, 9.17) is 15.3 Å². The van der Waals surface area contributed by atoms with Crippen molar-refractivity contribution in [3.8, 4) is 0 Å². The van der Waals surface area contributed by atoms with E-state index in [1.807, 2.05) is 0 Å². The van der Waals surface area contributed by atoms with Gasteiger partial charge >= 0.3 is 17.9 Å². The van der Waals surface area contributed by atoms with Crippen molar-refractivity contribution in [3.05, 3.63) is 0 Å². The normalized spacial score (nSPS) is 9.96. The fourth-order valence-electron chi connectivity index (χ4n) is 2.47. The van der Waals surface area contributed by atoms with Crippen molar-refractivity contribution < 1.29 is 29.7 Å². The number of unbranched alkanes of at least 4 members (excludes halogenated alkanes) is 9. The quantitative estimate of drug-likeness (QED) is 0.192. The highest BCUT2D eigenvalue weighted by Gasteiger charge is 2.53. The van der Waals surface area contributed by atoms with Crippen molar-refractivity contribution in [1.82, 2.24) is 18.5 Å². The molecule has 0 fully saturated rings. The van der Waals surface area contributed by atoms with Gasteiger partial charge in [0.15, 0.2) is 0 Å². The van der Waals surface area contributed by atoms with Crippen LogP contribution in [-0.4, -0.2) is 33.2 Å². The molecular formula is C16H37N3O6. The van der Waals surface area contributed by atoms with E-state index in [2.05, 4.69) is 6.92 Å². The summed E-state index contributed by atoms with van der Waals surface area (Å²) >= 11 is 0. The molecule has 0 aromatic heterocycles. The maximum Gasteiger partial charge on any atom is 0.332 e. The first kappa shape index (κ1) is 31.1. The minimum Gasteiger partial charge on any atom is -0.480 e. The molecule has 0 heterocycles. The molecule has 0 bridgehead atoms. The Hall–Kier alpha value is -1.71. The van der Waals surface area contributed by atoms with E-state index in [-0.39, 0.29) is 24.9 Å². The molecule has 0 saturated heterocycles. The Kier molecular flexibility index (Phi) is 21.3. The zero-order chi connectivity index (χ0) is 17.0. The first-order valence-electron chi connectivity index (χ1n) is 8.09. The molecule has 0 amide bonds. The molecule has 25 heavy (non-hydrogen) atoms. The van der Waals surface area contributed by atoms with Gasteiger partial charge in [0.1, 0.15) is 0 Å². The van der Waals surface area contributed by atoms with Crippen LogP contribution < -0.4 is 18.5 Å². The van der Waals surface area contributed by atoms with Gasteiger partial charge < -0.3 is 33.8 Å². The number of carboxylic acid groups (broad SMARTS) is 3. The predicted molar refractivity (Wildman–Crippen MR) is 96.9 cm³/mol. The molecule has 12 N–H and O–H groups in total. The van der Waals surface area contributed by atoms with Gasteiger partial charge in [-0.2, -0.15) is 0 Å². The van der Waals surface area contributed by atoms with Crippen molar-refractivity contribution in [1.29, 1.82) is 0 Å². The molecule has 0 atom stereocenters. The molecule has 0 aliphatic heterocycles. The lowest BCUT2D eigenvalue weighted by atomic mass is 9.82. The van der Waals surface area contributed by atoms with E-state index < -0.39 is 23.3 Å². The molecule has 0 saturated carbocycles. The van der Waals surface area contributed by atoms with E-state index in [9.17, 15) is 14.4 Å². The molecule has 152 valence electrons. The highest BCUT2D eigenvalue weighted by molar-refractivity contribution is 6.16. The van der Waals surface area contributed by atoms with Crippen LogP contribution in [0.2, 0.25) is 0 Å². The van der Waals surface area contributed by atoms with E-state index >= 15 is 0 Å². The monoisotopic (exact) mass is 367 g/mol. The average molecular weight is 367 g/mol. The van der Waals surface area contributed by atoms with E-state index in [0.29, 0.717) is 12.8 Å². The van der Waals surface area contributed by atoms with Gasteiger partial charge in [-0.15, -0.1) is 0 Å². The van der Waals surface area contributed by atoms with Crippen LogP contribution in [0.1, 0.15) is 77.6 Å². The predicted octanol–water partition coefficient (Wildman–Crippen LogP) is 4.02. The Morgan fingerprint density at radius 1 is 0.600 bits per heavy atom. The number of carboxylic acids is 3. The summed E-state index contributed by atoms with van der Waals surface area (Å²) in [5.74, 6) is -5.41. The summed E-state index contributed by atoms with van der Waals surface area (Å²) in [4.78, 5) is 33.1. The first-order chi connectivity index (χ1) is 10.4. The van der Waals surface area contributed by atoms with Crippen LogP contribution in [0.15, 0.2) is 0 Å². The van der Waals surface area contributed by atoms with Crippen LogP contribution in [0.4, 0.5) is 0 Å². The largest absolute Gasteiger partial charge is 0.480 e. The molecule has 9 heteroatoms. The van der Waals surface area contributed by atoms with Crippen LogP contribution in [0, 0.1) is 5.41 Å². The van der Waals surface area contributed by atoms with Gasteiger partial charge in [-0.3, -0.25) is 14.4 Å². The number of hydrogen-bond acceptors (Lipinski definition) is 6. The lowest BCUT2D eigenvalue weighted by molar-refractivity contribution is -0.176. The van der Waals surface area contributed by atoms with Crippen LogP contribution in [-0.2, 0) is 14.4 Å². The number of aliphatic carboxylic acids is 3. The standard InChI is InChI=1S/C16H28O6.3H3N/c1-2-3-4-5-6-7-8-9-10-11-12-16(13(17)18,14(19)20)15(21)22;;;/h2-12H2,1H3,(H,17,18)(H,19,20)(H,21,22);3*1H3. The van der Waals surface area contributed by atoms with Gasteiger partial charge in [-0.05, 0) is 6.42 Å². The van der Waals surface area contributed by atoms with Crippen LogP contribution >= 0.6 is 0 Å². The highest BCUT2D eigenvalue weighted by atomic mass is 16.4. The second-order valence-corrected chi connectivity index (χ2v) is 5.75. The molecule has 0 aromatic carbocycles. The van der Waals surface area contributed by atoms with Crippen LogP contribution in [0.3, 0.4) is 0 Å². The second kappa shape index (κ2) is 17.1. The fraction of sp³-hybridized carbons (Fsp3) is 0.812. The Bertz CT molecular complexity index is 341. The van der Waals surface area contributed by atoms with Crippen LogP contribution in [0.5, 0.6) is 0 Å². The lowest BCUT2D eigenvalue weighted by Gasteiger charge is -2.19. The Morgan fingerprint density at radius 3 is 1.16 bits per heavy atom. The van der Waals surface area contributed by atoms with Gasteiger partial charge in [0.05, 0.1) is 0 Å². The summed E-state index contributed by atoms with van der Waals surface area (Å²) in [6.07, 6.45) is 9.75. The van der Waals surface area contributed by atoms with Gasteiger partial charge in [0, 0.05) is 0 Å². The fourth-order valence-corrected chi connectivity index (χ4v) is 2.47. The van der Waals surface area contributed by atoms with Crippen molar-refractivity contribution >= 4 is 17.9 Å². The summed E-state index contributed by atoms with van der Waals surface area (Å²) in [5, 5.41) is 26.8. The van der Waals surface area contributed by atoms with Crippen molar-refractivity contribution in [3.63, 3.8) is 0 Å². The number of hydrogen-bond donors (Lipinski definition) is 6. The minimum absolute atomic E-state index is 0. The maximum absolute atomic E-state index is 11.0. The summed E-state index contributed by atoms with van der Waals surface area (Å²) in [6.45, 7) is 2.17. The van der Waals surface area contributed by atoms with Gasteiger partial charge in [0.2, 0.25) is 0 Å². The molecular weight excluding hydrogens is 330 g/mol. The molecule has 0 rings (SSSR count). The zero-order valence-corrected chi connectivity index (χ0v) is 15.5. The number of rotatable bonds is 14. The second-order valence-electron chi connectivity index (χ2n) is 5.75. The van der Waals surface area contributed by atoms with E-state index in [1.54, 1.807) is 0 Å². The molecule has 0 spiro atoms. The Labute approximate surface area is 149 Å². The molecule has 0 aliphatic rings. The summed E-state index contributed by atoms with van der Waals surface area (Å²) in [7, 11) is 0.